The van der Waals surface area contributed by atoms with Crippen LogP contribution in [0.15, 0.2) is 53.7 Å². The van der Waals surface area contributed by atoms with Crippen LogP contribution < -0.4 is 10.0 Å². The van der Waals surface area contributed by atoms with Crippen LogP contribution in [0.5, 0.6) is 0 Å². The molecule has 0 spiro atoms. The van der Waals surface area contributed by atoms with Crippen LogP contribution in [0, 0.1) is 12.8 Å². The first kappa shape index (κ1) is 21.1. The lowest BCUT2D eigenvalue weighted by molar-refractivity contribution is -0.123. The van der Waals surface area contributed by atoms with E-state index in [1.165, 1.54) is 0 Å². The normalized spacial score (nSPS) is 14.0. The number of pyridine rings is 1. The average molecular weight is 390 g/mol. The van der Waals surface area contributed by atoms with Crippen molar-refractivity contribution in [3.8, 4) is 0 Å². The van der Waals surface area contributed by atoms with E-state index in [2.05, 4.69) is 15.0 Å². The predicted octanol–water partition coefficient (Wildman–Crippen LogP) is 2.96. The SMILES string of the molecule is Cc1ccc(S(=O)(=O)NC(CC(C)C)C(=O)NC(C)c2ccncc2)cc1. The lowest BCUT2D eigenvalue weighted by Crippen LogP contribution is -2.47. The molecule has 6 nitrogen and oxygen atoms in total. The molecule has 0 aliphatic rings. The van der Waals surface area contributed by atoms with Gasteiger partial charge in [-0.15, -0.1) is 0 Å². The van der Waals surface area contributed by atoms with Crippen molar-refractivity contribution in [2.45, 2.75) is 51.1 Å². The average Bonchev–Trinajstić information content (AvgIpc) is 2.61. The van der Waals surface area contributed by atoms with E-state index in [0.29, 0.717) is 6.42 Å². The van der Waals surface area contributed by atoms with Crippen LogP contribution >= 0.6 is 0 Å². The summed E-state index contributed by atoms with van der Waals surface area (Å²) in [6.45, 7) is 7.65. The molecule has 2 unspecified atom stereocenters. The number of hydrogen-bond donors (Lipinski definition) is 2. The maximum Gasteiger partial charge on any atom is 0.241 e. The van der Waals surface area contributed by atoms with Crippen LogP contribution in [0.1, 0.15) is 44.4 Å². The molecule has 1 aromatic heterocycles. The fraction of sp³-hybridized carbons (Fsp3) is 0.400. The molecule has 0 aliphatic carbocycles. The Morgan fingerprint density at radius 2 is 1.63 bits per heavy atom. The zero-order chi connectivity index (χ0) is 20.0. The van der Waals surface area contributed by atoms with Gasteiger partial charge >= 0.3 is 0 Å². The van der Waals surface area contributed by atoms with Crippen molar-refractivity contribution in [3.05, 3.63) is 59.9 Å². The molecule has 2 aromatic rings. The van der Waals surface area contributed by atoms with E-state index in [4.69, 9.17) is 0 Å². The van der Waals surface area contributed by atoms with E-state index >= 15 is 0 Å². The van der Waals surface area contributed by atoms with E-state index in [1.807, 2.05) is 39.8 Å². The largest absolute Gasteiger partial charge is 0.348 e. The van der Waals surface area contributed by atoms with Crippen molar-refractivity contribution in [1.29, 1.82) is 0 Å². The van der Waals surface area contributed by atoms with Gasteiger partial charge in [-0.3, -0.25) is 9.78 Å². The van der Waals surface area contributed by atoms with Gasteiger partial charge in [0.2, 0.25) is 15.9 Å². The summed E-state index contributed by atoms with van der Waals surface area (Å²) >= 11 is 0. The van der Waals surface area contributed by atoms with Crippen molar-refractivity contribution in [1.82, 2.24) is 15.0 Å². The molecule has 27 heavy (non-hydrogen) atoms. The molecular formula is C20H27N3O3S. The third-order valence-electron chi connectivity index (χ3n) is 4.22. The summed E-state index contributed by atoms with van der Waals surface area (Å²) in [5, 5.41) is 2.89. The quantitative estimate of drug-likeness (QED) is 0.726. The molecule has 1 heterocycles. The number of aromatic nitrogens is 1. The summed E-state index contributed by atoms with van der Waals surface area (Å²) in [5.41, 5.74) is 1.87. The summed E-state index contributed by atoms with van der Waals surface area (Å²) < 4.78 is 28.0. The second kappa shape index (κ2) is 9.10. The minimum atomic E-state index is -3.79. The first-order valence-electron chi connectivity index (χ1n) is 8.98. The molecule has 0 saturated carbocycles. The molecule has 0 bridgehead atoms. The van der Waals surface area contributed by atoms with E-state index in [-0.39, 0.29) is 22.8 Å². The topological polar surface area (TPSA) is 88.2 Å². The molecule has 0 fully saturated rings. The second-order valence-electron chi connectivity index (χ2n) is 7.13. The second-order valence-corrected chi connectivity index (χ2v) is 8.84. The Morgan fingerprint density at radius 3 is 2.19 bits per heavy atom. The lowest BCUT2D eigenvalue weighted by atomic mass is 10.0. The van der Waals surface area contributed by atoms with Gasteiger partial charge in [0.05, 0.1) is 10.9 Å². The zero-order valence-corrected chi connectivity index (χ0v) is 17.0. The minimum absolute atomic E-state index is 0.150. The Morgan fingerprint density at radius 1 is 1.04 bits per heavy atom. The summed E-state index contributed by atoms with van der Waals surface area (Å²) in [5.74, 6) is -0.193. The van der Waals surface area contributed by atoms with Crippen LogP contribution in [0.25, 0.3) is 0 Å². The number of aryl methyl sites for hydroxylation is 1. The molecule has 0 radical (unpaired) electrons. The Kier molecular flexibility index (Phi) is 7.10. The first-order valence-corrected chi connectivity index (χ1v) is 10.5. The van der Waals surface area contributed by atoms with Gasteiger partial charge in [-0.25, -0.2) is 8.42 Å². The number of amides is 1. The monoisotopic (exact) mass is 389 g/mol. The molecule has 2 rings (SSSR count). The molecular weight excluding hydrogens is 362 g/mol. The molecule has 0 aliphatic heterocycles. The third-order valence-corrected chi connectivity index (χ3v) is 5.70. The fourth-order valence-electron chi connectivity index (χ4n) is 2.70. The van der Waals surface area contributed by atoms with Gasteiger partial charge in [-0.1, -0.05) is 31.5 Å². The molecule has 1 aromatic carbocycles. The van der Waals surface area contributed by atoms with Crippen molar-refractivity contribution < 1.29 is 13.2 Å². The van der Waals surface area contributed by atoms with Crippen molar-refractivity contribution >= 4 is 15.9 Å². The maximum absolute atomic E-state index is 12.8. The number of sulfonamides is 1. The summed E-state index contributed by atoms with van der Waals surface area (Å²) in [6, 6.07) is 9.09. The molecule has 7 heteroatoms. The highest BCUT2D eigenvalue weighted by Gasteiger charge is 2.27. The zero-order valence-electron chi connectivity index (χ0n) is 16.1. The van der Waals surface area contributed by atoms with Crippen molar-refractivity contribution in [2.24, 2.45) is 5.92 Å². The number of carbonyl (C=O) groups is 1. The molecule has 2 atom stereocenters. The summed E-state index contributed by atoms with van der Waals surface area (Å²) in [6.07, 6.45) is 3.72. The van der Waals surface area contributed by atoms with E-state index in [0.717, 1.165) is 11.1 Å². The van der Waals surface area contributed by atoms with Gasteiger partial charge in [-0.2, -0.15) is 4.72 Å². The van der Waals surface area contributed by atoms with Gasteiger partial charge in [-0.05, 0) is 56.0 Å². The standard InChI is InChI=1S/C20H27N3O3S/c1-14(2)13-19(20(24)22-16(4)17-9-11-21-12-10-17)23-27(25,26)18-7-5-15(3)6-8-18/h5-12,14,16,19,23H,13H2,1-4H3,(H,22,24). The van der Waals surface area contributed by atoms with E-state index < -0.39 is 16.1 Å². The predicted molar refractivity (Wildman–Crippen MR) is 106 cm³/mol. The fourth-order valence-corrected chi connectivity index (χ4v) is 3.91. The number of nitrogens with one attached hydrogen (secondary N) is 2. The summed E-state index contributed by atoms with van der Waals surface area (Å²) in [7, 11) is -3.79. The smallest absolute Gasteiger partial charge is 0.241 e. The van der Waals surface area contributed by atoms with Gasteiger partial charge in [0.15, 0.2) is 0 Å². The highest BCUT2D eigenvalue weighted by molar-refractivity contribution is 7.89. The number of nitrogens with zero attached hydrogens (tertiary/aromatic N) is 1. The van der Waals surface area contributed by atoms with Gasteiger partial charge in [0.25, 0.3) is 0 Å². The number of carbonyl (C=O) groups excluding carboxylic acids is 1. The molecule has 2 N–H and O–H groups in total. The first-order chi connectivity index (χ1) is 12.7. The number of benzene rings is 1. The Labute approximate surface area is 161 Å². The van der Waals surface area contributed by atoms with Crippen LogP contribution in [-0.4, -0.2) is 25.4 Å². The highest BCUT2D eigenvalue weighted by Crippen LogP contribution is 2.15. The van der Waals surface area contributed by atoms with Crippen LogP contribution in [0.3, 0.4) is 0 Å². The van der Waals surface area contributed by atoms with E-state index in [9.17, 15) is 13.2 Å². The minimum Gasteiger partial charge on any atom is -0.348 e. The van der Waals surface area contributed by atoms with E-state index in [1.54, 1.807) is 36.7 Å². The Hall–Kier alpha value is -2.25. The molecule has 1 amide bonds. The van der Waals surface area contributed by atoms with Gasteiger partial charge < -0.3 is 5.32 Å². The number of hydrogen-bond acceptors (Lipinski definition) is 4. The highest BCUT2D eigenvalue weighted by atomic mass is 32.2. The van der Waals surface area contributed by atoms with Gasteiger partial charge in [0.1, 0.15) is 6.04 Å². The van der Waals surface area contributed by atoms with Crippen molar-refractivity contribution in [3.63, 3.8) is 0 Å². The Bertz CT molecular complexity index is 850. The Balaban J connectivity index is 2.16. The van der Waals surface area contributed by atoms with Crippen molar-refractivity contribution in [2.75, 3.05) is 0 Å². The lowest BCUT2D eigenvalue weighted by Gasteiger charge is -2.23. The van der Waals surface area contributed by atoms with Crippen LogP contribution in [-0.2, 0) is 14.8 Å². The van der Waals surface area contributed by atoms with Gasteiger partial charge in [0, 0.05) is 12.4 Å². The third kappa shape index (κ3) is 6.15. The summed E-state index contributed by atoms with van der Waals surface area (Å²) in [4.78, 5) is 16.9. The maximum atomic E-state index is 12.8. The van der Waals surface area contributed by atoms with Crippen LogP contribution in [0.4, 0.5) is 0 Å². The molecule has 0 saturated heterocycles. The van der Waals surface area contributed by atoms with Crippen LogP contribution in [0.2, 0.25) is 0 Å². The number of rotatable bonds is 8. The molecule has 146 valence electrons.